The van der Waals surface area contributed by atoms with Crippen LogP contribution in [0, 0.1) is 0 Å². The Bertz CT molecular complexity index is 1300. The van der Waals surface area contributed by atoms with Gasteiger partial charge in [0.15, 0.2) is 0 Å². The third-order valence-electron chi connectivity index (χ3n) is 4.92. The summed E-state index contributed by atoms with van der Waals surface area (Å²) >= 11 is 6.26. The highest BCUT2D eigenvalue weighted by atomic mass is 35.5. The summed E-state index contributed by atoms with van der Waals surface area (Å²) in [4.78, 5) is 15.4. The van der Waals surface area contributed by atoms with Crippen LogP contribution >= 0.6 is 11.6 Å². The van der Waals surface area contributed by atoms with E-state index in [0.29, 0.717) is 23.8 Å². The fraction of sp³-hybridized carbons (Fsp3) is 0.250. The van der Waals surface area contributed by atoms with E-state index in [1.807, 2.05) is 45.0 Å². The smallest absolute Gasteiger partial charge is 0.413 e. The molecule has 0 spiro atoms. The van der Waals surface area contributed by atoms with Crippen LogP contribution in [0.5, 0.6) is 0 Å². The molecule has 0 atom stereocenters. The zero-order chi connectivity index (χ0) is 23.6. The van der Waals surface area contributed by atoms with E-state index in [2.05, 4.69) is 49.8 Å². The Labute approximate surface area is 196 Å². The molecule has 0 saturated heterocycles. The highest BCUT2D eigenvalue weighted by Gasteiger charge is 2.16. The van der Waals surface area contributed by atoms with Gasteiger partial charge in [-0.25, -0.2) is 4.79 Å². The lowest BCUT2D eigenvalue weighted by molar-refractivity contribution is 0.0542. The number of carbonyl (C=O) groups excluding carboxylic acids is 1. The number of carbonyl (C=O) groups is 1. The van der Waals surface area contributed by atoms with E-state index < -0.39 is 11.7 Å². The molecule has 0 aliphatic heterocycles. The molecule has 0 fully saturated rings. The van der Waals surface area contributed by atoms with E-state index in [1.165, 1.54) is 0 Å². The minimum atomic E-state index is -0.573. The Morgan fingerprint density at radius 3 is 2.73 bits per heavy atom. The molecule has 5 N–H and O–H groups in total. The predicted molar refractivity (Wildman–Crippen MR) is 133 cm³/mol. The van der Waals surface area contributed by atoms with E-state index >= 15 is 0 Å². The van der Waals surface area contributed by atoms with Gasteiger partial charge in [0.1, 0.15) is 17.2 Å². The summed E-state index contributed by atoms with van der Waals surface area (Å²) in [6, 6.07) is 11.9. The molecule has 0 bridgehead atoms. The number of hydrogen-bond donors (Lipinski definition) is 5. The van der Waals surface area contributed by atoms with Crippen LogP contribution in [0.3, 0.4) is 0 Å². The van der Waals surface area contributed by atoms with Crippen LogP contribution in [0.1, 0.15) is 26.3 Å². The van der Waals surface area contributed by atoms with Crippen molar-refractivity contribution >= 4 is 51.0 Å². The van der Waals surface area contributed by atoms with E-state index in [9.17, 15) is 4.79 Å². The Kier molecular flexibility index (Phi) is 6.20. The molecule has 2 aromatic heterocycles. The summed E-state index contributed by atoms with van der Waals surface area (Å²) in [5, 5.41) is 18.8. The summed E-state index contributed by atoms with van der Waals surface area (Å²) in [5.41, 5.74) is 3.50. The van der Waals surface area contributed by atoms with Gasteiger partial charge in [-0.05, 0) is 63.1 Å². The van der Waals surface area contributed by atoms with Crippen LogP contribution < -0.4 is 16.0 Å². The molecule has 0 saturated carbocycles. The van der Waals surface area contributed by atoms with Crippen molar-refractivity contribution in [2.75, 3.05) is 11.9 Å². The molecule has 0 aliphatic rings. The number of alkyl carbamates (subject to hydrolysis) is 1. The van der Waals surface area contributed by atoms with Crippen LogP contribution in [-0.4, -0.2) is 33.4 Å². The molecule has 172 valence electrons. The second-order valence-electron chi connectivity index (χ2n) is 8.75. The number of rotatable bonds is 7. The first kappa shape index (κ1) is 22.5. The molecule has 33 heavy (non-hydrogen) atoms. The van der Waals surface area contributed by atoms with Gasteiger partial charge in [0.25, 0.3) is 0 Å². The Morgan fingerprint density at radius 1 is 1.18 bits per heavy atom. The van der Waals surface area contributed by atoms with Crippen LogP contribution in [0.2, 0.25) is 5.02 Å². The highest BCUT2D eigenvalue weighted by Crippen LogP contribution is 2.33. The zero-order valence-corrected chi connectivity index (χ0v) is 19.6. The van der Waals surface area contributed by atoms with Gasteiger partial charge in [0, 0.05) is 45.1 Å². The number of nitrogens with zero attached hydrogens (tertiary/aromatic N) is 1. The van der Waals surface area contributed by atoms with Gasteiger partial charge in [0.05, 0.1) is 6.20 Å². The Morgan fingerprint density at radius 2 is 2.00 bits per heavy atom. The SMILES string of the molecule is C=C(NCCc1cc(Nc2ccn[nH]2)cc2c1[nH]c1ccc(Cl)cc12)NC(=O)OC(C)(C)C. The third-order valence-corrected chi connectivity index (χ3v) is 5.15. The van der Waals surface area contributed by atoms with Crippen molar-refractivity contribution in [2.24, 2.45) is 0 Å². The highest BCUT2D eigenvalue weighted by molar-refractivity contribution is 6.31. The largest absolute Gasteiger partial charge is 0.444 e. The molecule has 9 heteroatoms. The van der Waals surface area contributed by atoms with Crippen molar-refractivity contribution in [3.05, 3.63) is 65.6 Å². The van der Waals surface area contributed by atoms with Crippen molar-refractivity contribution in [1.29, 1.82) is 0 Å². The molecular formula is C24H27ClN6O2. The molecular weight excluding hydrogens is 440 g/mol. The topological polar surface area (TPSA) is 107 Å². The summed E-state index contributed by atoms with van der Waals surface area (Å²) in [6.07, 6.45) is 1.84. The fourth-order valence-electron chi connectivity index (χ4n) is 3.61. The molecule has 8 nitrogen and oxygen atoms in total. The molecule has 2 aromatic carbocycles. The number of aromatic amines is 2. The number of amides is 1. The van der Waals surface area contributed by atoms with Crippen LogP contribution in [0.25, 0.3) is 21.8 Å². The standard InChI is InChI=1S/C24H27ClN6O2/c1-14(28-23(32)33-24(2,3)4)26-9-7-15-11-17(29-21-8-10-27-31-21)13-19-18-12-16(25)5-6-20(18)30-22(15)19/h5-6,8,10-13,26,30H,1,7,9H2,2-4H3,(H,28,32)(H2,27,29,31). The van der Waals surface area contributed by atoms with Crippen molar-refractivity contribution in [2.45, 2.75) is 32.8 Å². The first-order chi connectivity index (χ1) is 15.7. The number of nitrogens with one attached hydrogen (secondary N) is 5. The van der Waals surface area contributed by atoms with Gasteiger partial charge in [0.2, 0.25) is 0 Å². The number of H-pyrrole nitrogens is 2. The fourth-order valence-corrected chi connectivity index (χ4v) is 3.79. The summed E-state index contributed by atoms with van der Waals surface area (Å²) in [6.45, 7) is 9.86. The van der Waals surface area contributed by atoms with Gasteiger partial charge >= 0.3 is 6.09 Å². The lowest BCUT2D eigenvalue weighted by atomic mass is 10.0. The molecule has 0 aliphatic carbocycles. The quantitative estimate of drug-likeness (QED) is 0.245. The normalized spacial score (nSPS) is 11.5. The van der Waals surface area contributed by atoms with Gasteiger partial charge < -0.3 is 20.4 Å². The first-order valence-corrected chi connectivity index (χ1v) is 11.0. The summed E-state index contributed by atoms with van der Waals surface area (Å²) in [7, 11) is 0. The average molecular weight is 467 g/mol. The van der Waals surface area contributed by atoms with Gasteiger partial charge in [-0.15, -0.1) is 0 Å². The molecule has 0 unspecified atom stereocenters. The molecule has 4 aromatic rings. The monoisotopic (exact) mass is 466 g/mol. The van der Waals surface area contributed by atoms with Crippen molar-refractivity contribution < 1.29 is 9.53 Å². The van der Waals surface area contributed by atoms with E-state index in [0.717, 1.165) is 38.9 Å². The van der Waals surface area contributed by atoms with Crippen molar-refractivity contribution in [3.8, 4) is 0 Å². The average Bonchev–Trinajstić information content (AvgIpc) is 3.34. The number of fused-ring (bicyclic) bond motifs is 3. The zero-order valence-electron chi connectivity index (χ0n) is 18.8. The summed E-state index contributed by atoms with van der Waals surface area (Å²) in [5.74, 6) is 1.18. The third kappa shape index (κ3) is 5.59. The maximum Gasteiger partial charge on any atom is 0.413 e. The Hall–Kier alpha value is -3.65. The first-order valence-electron chi connectivity index (χ1n) is 10.6. The van der Waals surface area contributed by atoms with Crippen molar-refractivity contribution in [3.63, 3.8) is 0 Å². The van der Waals surface area contributed by atoms with Crippen LogP contribution in [0.15, 0.2) is 55.0 Å². The number of hydrogen-bond acceptors (Lipinski definition) is 5. The number of halogens is 1. The second kappa shape index (κ2) is 9.07. The maximum atomic E-state index is 11.9. The van der Waals surface area contributed by atoms with Crippen molar-refractivity contribution in [1.82, 2.24) is 25.8 Å². The predicted octanol–water partition coefficient (Wildman–Crippen LogP) is 5.57. The van der Waals surface area contributed by atoms with E-state index in [4.69, 9.17) is 16.3 Å². The minimum absolute atomic E-state index is 0.385. The molecule has 1 amide bonds. The second-order valence-corrected chi connectivity index (χ2v) is 9.19. The maximum absolute atomic E-state index is 11.9. The van der Waals surface area contributed by atoms with Gasteiger partial charge in [-0.1, -0.05) is 18.2 Å². The van der Waals surface area contributed by atoms with Gasteiger partial charge in [-0.3, -0.25) is 10.4 Å². The number of benzene rings is 2. The molecule has 4 rings (SSSR count). The van der Waals surface area contributed by atoms with Crippen LogP contribution in [0.4, 0.5) is 16.3 Å². The van der Waals surface area contributed by atoms with E-state index in [-0.39, 0.29) is 0 Å². The lowest BCUT2D eigenvalue weighted by Crippen LogP contribution is -2.36. The summed E-state index contributed by atoms with van der Waals surface area (Å²) < 4.78 is 5.26. The van der Waals surface area contributed by atoms with Gasteiger partial charge in [-0.2, -0.15) is 5.10 Å². The number of aromatic nitrogens is 3. The lowest BCUT2D eigenvalue weighted by Gasteiger charge is -2.20. The Balaban J connectivity index is 1.55. The van der Waals surface area contributed by atoms with Crippen LogP contribution in [-0.2, 0) is 11.2 Å². The number of ether oxygens (including phenoxy) is 1. The molecule has 0 radical (unpaired) electrons. The molecule has 2 heterocycles. The van der Waals surface area contributed by atoms with E-state index in [1.54, 1.807) is 6.20 Å². The number of anilines is 2. The minimum Gasteiger partial charge on any atom is -0.444 e.